The molecule has 17 heavy (non-hydrogen) atoms. The molecular formula is C12H20N2O2S. The summed E-state index contributed by atoms with van der Waals surface area (Å²) >= 11 is 0. The van der Waals surface area contributed by atoms with Crippen molar-refractivity contribution in [2.75, 3.05) is 17.1 Å². The van der Waals surface area contributed by atoms with Crippen LogP contribution in [0.4, 0.5) is 5.69 Å². The summed E-state index contributed by atoms with van der Waals surface area (Å²) in [4.78, 5) is 4.11. The average Bonchev–Trinajstić information content (AvgIpc) is 2.27. The van der Waals surface area contributed by atoms with Crippen LogP contribution >= 0.6 is 0 Å². The normalized spacial score (nSPS) is 12.5. The van der Waals surface area contributed by atoms with E-state index in [0.717, 1.165) is 5.56 Å². The molecule has 0 saturated carbocycles. The van der Waals surface area contributed by atoms with Crippen LogP contribution in [0, 0.1) is 0 Å². The minimum Gasteiger partial charge on any atom is -0.272 e. The zero-order valence-corrected chi connectivity index (χ0v) is 11.9. The highest BCUT2D eigenvalue weighted by Crippen LogP contribution is 2.25. The SMILES string of the molecule is CCS(=O)(=O)N(C)c1cncc(C(C)(C)C)c1. The molecule has 1 aromatic heterocycles. The highest BCUT2D eigenvalue weighted by atomic mass is 32.2. The Hall–Kier alpha value is -1.10. The van der Waals surface area contributed by atoms with Crippen molar-refractivity contribution in [2.24, 2.45) is 0 Å². The third-order valence-electron chi connectivity index (χ3n) is 2.74. The van der Waals surface area contributed by atoms with E-state index in [2.05, 4.69) is 25.8 Å². The van der Waals surface area contributed by atoms with Crippen LogP contribution in [0.3, 0.4) is 0 Å². The van der Waals surface area contributed by atoms with Gasteiger partial charge in [-0.2, -0.15) is 0 Å². The molecule has 1 heterocycles. The molecule has 0 amide bonds. The minimum absolute atomic E-state index is 0.0418. The summed E-state index contributed by atoms with van der Waals surface area (Å²) in [6.45, 7) is 7.85. The van der Waals surface area contributed by atoms with Crippen molar-refractivity contribution < 1.29 is 8.42 Å². The van der Waals surface area contributed by atoms with E-state index in [9.17, 15) is 8.42 Å². The molecule has 0 aromatic carbocycles. The van der Waals surface area contributed by atoms with E-state index >= 15 is 0 Å². The maximum absolute atomic E-state index is 11.8. The van der Waals surface area contributed by atoms with Gasteiger partial charge in [-0.05, 0) is 24.0 Å². The van der Waals surface area contributed by atoms with Gasteiger partial charge < -0.3 is 0 Å². The van der Waals surface area contributed by atoms with Crippen LogP contribution in [0.5, 0.6) is 0 Å². The predicted octanol–water partition coefficient (Wildman–Crippen LogP) is 2.17. The summed E-state index contributed by atoms with van der Waals surface area (Å²) in [5.74, 6) is 0.0866. The molecule has 1 aromatic rings. The lowest BCUT2D eigenvalue weighted by Crippen LogP contribution is -2.28. The van der Waals surface area contributed by atoms with E-state index in [1.54, 1.807) is 26.4 Å². The lowest BCUT2D eigenvalue weighted by atomic mass is 9.88. The van der Waals surface area contributed by atoms with Gasteiger partial charge in [0.05, 0.1) is 17.6 Å². The van der Waals surface area contributed by atoms with Crippen LogP contribution in [0.15, 0.2) is 18.5 Å². The molecule has 0 spiro atoms. The Morgan fingerprint density at radius 1 is 1.29 bits per heavy atom. The first-order valence-corrected chi connectivity index (χ1v) is 7.21. The summed E-state index contributed by atoms with van der Waals surface area (Å²) in [5, 5.41) is 0. The van der Waals surface area contributed by atoms with Crippen molar-refractivity contribution in [1.29, 1.82) is 0 Å². The van der Waals surface area contributed by atoms with Gasteiger partial charge in [0, 0.05) is 13.2 Å². The number of rotatable bonds is 3. The van der Waals surface area contributed by atoms with Crippen LogP contribution < -0.4 is 4.31 Å². The molecule has 0 bridgehead atoms. The van der Waals surface area contributed by atoms with Gasteiger partial charge in [-0.15, -0.1) is 0 Å². The zero-order valence-electron chi connectivity index (χ0n) is 11.1. The molecule has 0 radical (unpaired) electrons. The largest absolute Gasteiger partial charge is 0.272 e. The number of sulfonamides is 1. The van der Waals surface area contributed by atoms with Crippen molar-refractivity contribution in [2.45, 2.75) is 33.1 Å². The maximum atomic E-state index is 11.8. The third-order valence-corrected chi connectivity index (χ3v) is 4.51. The fourth-order valence-corrected chi connectivity index (χ4v) is 2.17. The van der Waals surface area contributed by atoms with Gasteiger partial charge in [0.1, 0.15) is 0 Å². The molecule has 0 aliphatic rings. The van der Waals surface area contributed by atoms with Gasteiger partial charge in [-0.25, -0.2) is 8.42 Å². The number of nitrogens with zero attached hydrogens (tertiary/aromatic N) is 2. The summed E-state index contributed by atoms with van der Waals surface area (Å²) in [6.07, 6.45) is 3.35. The fourth-order valence-electron chi connectivity index (χ4n) is 1.36. The van der Waals surface area contributed by atoms with Gasteiger partial charge >= 0.3 is 0 Å². The molecule has 5 heteroatoms. The van der Waals surface area contributed by atoms with E-state index in [0.29, 0.717) is 5.69 Å². The van der Waals surface area contributed by atoms with Crippen molar-refractivity contribution >= 4 is 15.7 Å². The lowest BCUT2D eigenvalue weighted by Gasteiger charge is -2.22. The molecule has 0 unspecified atom stereocenters. The molecule has 0 aliphatic heterocycles. The summed E-state index contributed by atoms with van der Waals surface area (Å²) < 4.78 is 24.8. The highest BCUT2D eigenvalue weighted by molar-refractivity contribution is 7.92. The van der Waals surface area contributed by atoms with Crippen molar-refractivity contribution in [3.05, 3.63) is 24.0 Å². The monoisotopic (exact) mass is 256 g/mol. The number of anilines is 1. The second kappa shape index (κ2) is 4.64. The van der Waals surface area contributed by atoms with Crippen LogP contribution in [0.1, 0.15) is 33.3 Å². The molecule has 0 fully saturated rings. The molecule has 0 saturated heterocycles. The van der Waals surface area contributed by atoms with Gasteiger partial charge in [0.2, 0.25) is 10.0 Å². The third kappa shape index (κ3) is 3.19. The first kappa shape index (κ1) is 14.0. The maximum Gasteiger partial charge on any atom is 0.234 e. The van der Waals surface area contributed by atoms with Crippen LogP contribution in [0.25, 0.3) is 0 Å². The Balaban J connectivity index is 3.18. The minimum atomic E-state index is -3.22. The predicted molar refractivity (Wildman–Crippen MR) is 70.8 cm³/mol. The van der Waals surface area contributed by atoms with Crippen LogP contribution in [-0.2, 0) is 15.4 Å². The highest BCUT2D eigenvalue weighted by Gasteiger charge is 2.19. The van der Waals surface area contributed by atoms with Gasteiger partial charge in [0.15, 0.2) is 0 Å². The van der Waals surface area contributed by atoms with Crippen molar-refractivity contribution in [3.8, 4) is 0 Å². The fraction of sp³-hybridized carbons (Fsp3) is 0.583. The summed E-state index contributed by atoms with van der Waals surface area (Å²) in [7, 11) is -1.66. The van der Waals surface area contributed by atoms with Gasteiger partial charge in [0.25, 0.3) is 0 Å². The van der Waals surface area contributed by atoms with Gasteiger partial charge in [-0.3, -0.25) is 9.29 Å². The van der Waals surface area contributed by atoms with E-state index < -0.39 is 10.0 Å². The molecule has 0 atom stereocenters. The number of hydrogen-bond donors (Lipinski definition) is 0. The standard InChI is InChI=1S/C12H20N2O2S/c1-6-17(15,16)14(5)11-7-10(8-13-9-11)12(2,3)4/h7-9H,6H2,1-5H3. The summed E-state index contributed by atoms with van der Waals surface area (Å²) in [5.41, 5.74) is 1.59. The number of hydrogen-bond acceptors (Lipinski definition) is 3. The summed E-state index contributed by atoms with van der Waals surface area (Å²) in [6, 6.07) is 1.88. The smallest absolute Gasteiger partial charge is 0.234 e. The first-order valence-electron chi connectivity index (χ1n) is 5.60. The van der Waals surface area contributed by atoms with Gasteiger partial charge in [-0.1, -0.05) is 20.8 Å². The Morgan fingerprint density at radius 2 is 1.88 bits per heavy atom. The van der Waals surface area contributed by atoms with Crippen molar-refractivity contribution in [3.63, 3.8) is 0 Å². The van der Waals surface area contributed by atoms with E-state index in [1.807, 2.05) is 6.07 Å². The Bertz CT molecular complexity index is 489. The molecule has 4 nitrogen and oxygen atoms in total. The molecular weight excluding hydrogens is 236 g/mol. The Kier molecular flexibility index (Phi) is 3.81. The molecule has 96 valence electrons. The quantitative estimate of drug-likeness (QED) is 0.832. The average molecular weight is 256 g/mol. The number of pyridine rings is 1. The van der Waals surface area contributed by atoms with E-state index in [1.165, 1.54) is 4.31 Å². The topological polar surface area (TPSA) is 50.3 Å². The second-order valence-corrected chi connectivity index (χ2v) is 7.34. The van der Waals surface area contributed by atoms with Crippen LogP contribution in [-0.4, -0.2) is 26.2 Å². The Morgan fingerprint density at radius 3 is 2.35 bits per heavy atom. The van der Waals surface area contributed by atoms with Crippen molar-refractivity contribution in [1.82, 2.24) is 4.98 Å². The first-order chi connectivity index (χ1) is 7.68. The molecule has 0 aliphatic carbocycles. The van der Waals surface area contributed by atoms with E-state index in [4.69, 9.17) is 0 Å². The molecule has 1 rings (SSSR count). The van der Waals surface area contributed by atoms with E-state index in [-0.39, 0.29) is 11.2 Å². The lowest BCUT2D eigenvalue weighted by molar-refractivity contribution is 0.585. The van der Waals surface area contributed by atoms with Crippen LogP contribution in [0.2, 0.25) is 0 Å². The number of aromatic nitrogens is 1. The zero-order chi connectivity index (χ0) is 13.3. The second-order valence-electron chi connectivity index (χ2n) is 5.05. The molecule has 0 N–H and O–H groups in total. The Labute approximate surface area is 104 Å².